The van der Waals surface area contributed by atoms with Crippen molar-refractivity contribution in [1.82, 2.24) is 4.90 Å². The number of aliphatic carboxylic acids is 1. The fourth-order valence-electron chi connectivity index (χ4n) is 2.26. The van der Waals surface area contributed by atoms with E-state index in [1.165, 1.54) is 4.90 Å². The highest BCUT2D eigenvalue weighted by molar-refractivity contribution is 14.1. The predicted molar refractivity (Wildman–Crippen MR) is 75.6 cm³/mol. The molecule has 1 aliphatic heterocycles. The summed E-state index contributed by atoms with van der Waals surface area (Å²) in [5, 5.41) is 9.11. The van der Waals surface area contributed by atoms with E-state index in [-0.39, 0.29) is 5.91 Å². The summed E-state index contributed by atoms with van der Waals surface area (Å²) in [5.74, 6) is -1.08. The molecule has 1 amide bonds. The molecule has 0 aliphatic carbocycles. The molecular formula is C13H14INO3. The second-order valence-electron chi connectivity index (χ2n) is 4.41. The van der Waals surface area contributed by atoms with E-state index in [1.807, 2.05) is 19.1 Å². The van der Waals surface area contributed by atoms with Gasteiger partial charge in [-0.1, -0.05) is 6.07 Å². The molecule has 18 heavy (non-hydrogen) atoms. The zero-order chi connectivity index (χ0) is 13.3. The monoisotopic (exact) mass is 359 g/mol. The lowest BCUT2D eigenvalue weighted by Gasteiger charge is -2.22. The summed E-state index contributed by atoms with van der Waals surface area (Å²) in [5.41, 5.74) is 1.52. The molecule has 0 unspecified atom stereocenters. The van der Waals surface area contributed by atoms with Gasteiger partial charge < -0.3 is 10.0 Å². The highest BCUT2D eigenvalue weighted by Crippen LogP contribution is 2.23. The van der Waals surface area contributed by atoms with Gasteiger partial charge in [-0.25, -0.2) is 4.79 Å². The summed E-state index contributed by atoms with van der Waals surface area (Å²) in [6, 6.07) is 4.85. The van der Waals surface area contributed by atoms with Crippen LogP contribution in [0.1, 0.15) is 28.8 Å². The number of carboxylic acid groups (broad SMARTS) is 1. The molecule has 1 aliphatic rings. The van der Waals surface area contributed by atoms with Crippen LogP contribution in [0.15, 0.2) is 18.2 Å². The van der Waals surface area contributed by atoms with E-state index in [1.54, 1.807) is 6.07 Å². The second-order valence-corrected chi connectivity index (χ2v) is 5.57. The zero-order valence-corrected chi connectivity index (χ0v) is 12.2. The number of halogens is 1. The first-order chi connectivity index (χ1) is 8.52. The SMILES string of the molecule is Cc1c(I)cccc1C(=O)N1CCC[C@@H]1C(=O)O. The predicted octanol–water partition coefficient (Wildman–Crippen LogP) is 2.29. The highest BCUT2D eigenvalue weighted by Gasteiger charge is 2.34. The molecule has 1 fully saturated rings. The molecule has 1 saturated heterocycles. The summed E-state index contributed by atoms with van der Waals surface area (Å²) < 4.78 is 1.02. The number of hydrogen-bond acceptors (Lipinski definition) is 2. The summed E-state index contributed by atoms with van der Waals surface area (Å²) >= 11 is 2.18. The summed E-state index contributed by atoms with van der Waals surface area (Å²) in [7, 11) is 0. The molecule has 0 radical (unpaired) electrons. The zero-order valence-electron chi connectivity index (χ0n) is 10.0. The van der Waals surface area contributed by atoms with E-state index in [0.29, 0.717) is 18.5 Å². The molecule has 1 aromatic carbocycles. The van der Waals surface area contributed by atoms with Crippen LogP contribution in [0, 0.1) is 10.5 Å². The topological polar surface area (TPSA) is 57.6 Å². The van der Waals surface area contributed by atoms with Crippen LogP contribution < -0.4 is 0 Å². The van der Waals surface area contributed by atoms with Gasteiger partial charge in [-0.2, -0.15) is 0 Å². The van der Waals surface area contributed by atoms with Crippen molar-refractivity contribution >= 4 is 34.5 Å². The minimum absolute atomic E-state index is 0.170. The van der Waals surface area contributed by atoms with Crippen molar-refractivity contribution in [2.45, 2.75) is 25.8 Å². The van der Waals surface area contributed by atoms with E-state index in [0.717, 1.165) is 15.6 Å². The van der Waals surface area contributed by atoms with Crippen molar-refractivity contribution in [1.29, 1.82) is 0 Å². The lowest BCUT2D eigenvalue weighted by molar-refractivity contribution is -0.141. The summed E-state index contributed by atoms with van der Waals surface area (Å²) in [6.07, 6.45) is 1.30. The standard InChI is InChI=1S/C13H14INO3/c1-8-9(4-2-5-10(8)14)12(16)15-7-3-6-11(15)13(17)18/h2,4-5,11H,3,6-7H2,1H3,(H,17,18)/t11-/m1/s1. The van der Waals surface area contributed by atoms with Crippen molar-refractivity contribution in [3.63, 3.8) is 0 Å². The quantitative estimate of drug-likeness (QED) is 0.825. The second kappa shape index (κ2) is 5.26. The number of nitrogens with zero attached hydrogens (tertiary/aromatic N) is 1. The van der Waals surface area contributed by atoms with Gasteiger partial charge in [0, 0.05) is 15.7 Å². The first-order valence-corrected chi connectivity index (χ1v) is 6.89. The molecule has 1 heterocycles. The lowest BCUT2D eigenvalue weighted by atomic mass is 10.1. The fraction of sp³-hybridized carbons (Fsp3) is 0.385. The van der Waals surface area contributed by atoms with Gasteiger partial charge in [-0.15, -0.1) is 0 Å². The van der Waals surface area contributed by atoms with Gasteiger partial charge in [0.15, 0.2) is 0 Å². The van der Waals surface area contributed by atoms with Crippen LogP contribution in [-0.4, -0.2) is 34.5 Å². The Hall–Kier alpha value is -1.11. The number of rotatable bonds is 2. The third-order valence-corrected chi connectivity index (χ3v) is 4.47. The minimum atomic E-state index is -0.913. The van der Waals surface area contributed by atoms with Gasteiger partial charge in [0.25, 0.3) is 5.91 Å². The van der Waals surface area contributed by atoms with E-state index < -0.39 is 12.0 Å². The van der Waals surface area contributed by atoms with Crippen molar-refractivity contribution in [3.05, 3.63) is 32.9 Å². The number of carbonyl (C=O) groups excluding carboxylic acids is 1. The Morgan fingerprint density at radius 1 is 1.44 bits per heavy atom. The highest BCUT2D eigenvalue weighted by atomic mass is 127. The number of likely N-dealkylation sites (tertiary alicyclic amines) is 1. The van der Waals surface area contributed by atoms with Crippen molar-refractivity contribution in [3.8, 4) is 0 Å². The molecule has 1 atom stereocenters. The van der Waals surface area contributed by atoms with Gasteiger partial charge in [0.2, 0.25) is 0 Å². The summed E-state index contributed by atoms with van der Waals surface area (Å²) in [4.78, 5) is 25.0. The Kier molecular flexibility index (Phi) is 3.89. The van der Waals surface area contributed by atoms with Crippen LogP contribution in [-0.2, 0) is 4.79 Å². The van der Waals surface area contributed by atoms with Crippen LogP contribution in [0.4, 0.5) is 0 Å². The van der Waals surface area contributed by atoms with E-state index in [9.17, 15) is 9.59 Å². The van der Waals surface area contributed by atoms with E-state index in [2.05, 4.69) is 22.6 Å². The van der Waals surface area contributed by atoms with Gasteiger partial charge in [0.1, 0.15) is 6.04 Å². The maximum absolute atomic E-state index is 12.4. The Labute approximate surface area is 119 Å². The molecule has 1 aromatic rings. The third kappa shape index (κ3) is 2.36. The smallest absolute Gasteiger partial charge is 0.326 e. The number of carboxylic acids is 1. The van der Waals surface area contributed by atoms with Crippen molar-refractivity contribution in [2.24, 2.45) is 0 Å². The summed E-state index contributed by atoms with van der Waals surface area (Å²) in [6.45, 7) is 2.42. The van der Waals surface area contributed by atoms with E-state index >= 15 is 0 Å². The van der Waals surface area contributed by atoms with Crippen LogP contribution >= 0.6 is 22.6 Å². The minimum Gasteiger partial charge on any atom is -0.480 e. The van der Waals surface area contributed by atoms with Crippen LogP contribution in [0.5, 0.6) is 0 Å². The first kappa shape index (κ1) is 13.3. The maximum atomic E-state index is 12.4. The Morgan fingerprint density at radius 3 is 2.83 bits per heavy atom. The molecule has 0 spiro atoms. The van der Waals surface area contributed by atoms with Crippen LogP contribution in [0.3, 0.4) is 0 Å². The number of hydrogen-bond donors (Lipinski definition) is 1. The maximum Gasteiger partial charge on any atom is 0.326 e. The molecule has 5 heteroatoms. The van der Waals surface area contributed by atoms with Crippen molar-refractivity contribution in [2.75, 3.05) is 6.54 Å². The first-order valence-electron chi connectivity index (χ1n) is 5.81. The number of benzene rings is 1. The molecule has 0 aromatic heterocycles. The van der Waals surface area contributed by atoms with Gasteiger partial charge in [-0.05, 0) is 60.1 Å². The third-order valence-electron chi connectivity index (χ3n) is 3.30. The normalized spacial score (nSPS) is 19.0. The van der Waals surface area contributed by atoms with Crippen LogP contribution in [0.25, 0.3) is 0 Å². The molecule has 96 valence electrons. The van der Waals surface area contributed by atoms with Gasteiger partial charge in [0.05, 0.1) is 0 Å². The molecule has 2 rings (SSSR count). The molecule has 0 saturated carbocycles. The Balaban J connectivity index is 2.31. The number of amides is 1. The molecule has 0 bridgehead atoms. The Morgan fingerprint density at radius 2 is 2.17 bits per heavy atom. The Bertz CT molecular complexity index is 501. The number of carbonyl (C=O) groups is 2. The molecule has 1 N–H and O–H groups in total. The molecular weight excluding hydrogens is 345 g/mol. The van der Waals surface area contributed by atoms with E-state index in [4.69, 9.17) is 5.11 Å². The fourth-order valence-corrected chi connectivity index (χ4v) is 2.76. The van der Waals surface area contributed by atoms with Crippen molar-refractivity contribution < 1.29 is 14.7 Å². The van der Waals surface area contributed by atoms with Crippen LogP contribution in [0.2, 0.25) is 0 Å². The largest absolute Gasteiger partial charge is 0.480 e. The van der Waals surface area contributed by atoms with Gasteiger partial charge in [-0.3, -0.25) is 4.79 Å². The van der Waals surface area contributed by atoms with Gasteiger partial charge >= 0.3 is 5.97 Å². The lowest BCUT2D eigenvalue weighted by Crippen LogP contribution is -2.40. The average Bonchev–Trinajstić information content (AvgIpc) is 2.81. The molecule has 4 nitrogen and oxygen atoms in total. The average molecular weight is 359 g/mol.